The van der Waals surface area contributed by atoms with Gasteiger partial charge in [-0.05, 0) is 31.6 Å². The number of aromatic nitrogens is 2. The molecule has 2 aromatic carbocycles. The average Bonchev–Trinajstić information content (AvgIpc) is 2.96. The highest BCUT2D eigenvalue weighted by Gasteiger charge is 2.41. The van der Waals surface area contributed by atoms with Crippen LogP contribution in [0.4, 0.5) is 19.0 Å². The minimum absolute atomic E-state index is 0.0693. The molecule has 7 nitrogen and oxygen atoms in total. The summed E-state index contributed by atoms with van der Waals surface area (Å²) < 4.78 is 51.8. The van der Waals surface area contributed by atoms with E-state index in [0.717, 1.165) is 17.8 Å². The molecular formula is C28H24B5F3N4O3S. The number of ether oxygens (including phenoxy) is 1. The fourth-order valence-electron chi connectivity index (χ4n) is 6.27. The summed E-state index contributed by atoms with van der Waals surface area (Å²) in [6.07, 6.45) is -3.68. The van der Waals surface area contributed by atoms with Gasteiger partial charge in [0.25, 0.3) is 0 Å². The second-order valence-electron chi connectivity index (χ2n) is 11.0. The summed E-state index contributed by atoms with van der Waals surface area (Å²) in [5, 5.41) is 0.0976. The van der Waals surface area contributed by atoms with Crippen LogP contribution in [0.25, 0.3) is 22.0 Å². The first-order chi connectivity index (χ1) is 20.6. The molecule has 16 heteroatoms. The van der Waals surface area contributed by atoms with E-state index in [2.05, 4.69) is 11.6 Å². The van der Waals surface area contributed by atoms with Crippen molar-refractivity contribution in [1.82, 2.24) is 14.5 Å². The first kappa shape index (κ1) is 32.4. The Kier molecular flexibility index (Phi) is 8.65. The normalized spacial score (nSPS) is 20.3. The Morgan fingerprint density at radius 2 is 1.64 bits per heavy atom. The third-order valence-corrected chi connectivity index (χ3v) is 9.43. The Morgan fingerprint density at radius 3 is 2.16 bits per heavy atom. The van der Waals surface area contributed by atoms with E-state index in [4.69, 9.17) is 44.0 Å². The van der Waals surface area contributed by atoms with Gasteiger partial charge in [-0.3, -0.25) is 9.36 Å². The van der Waals surface area contributed by atoms with Crippen molar-refractivity contribution in [3.8, 4) is 11.1 Å². The van der Waals surface area contributed by atoms with Crippen molar-refractivity contribution in [2.45, 2.75) is 43.0 Å². The van der Waals surface area contributed by atoms with Gasteiger partial charge in [0.2, 0.25) is 5.91 Å². The molecule has 1 aromatic heterocycles. The topological polar surface area (TPSA) is 67.7 Å². The lowest BCUT2D eigenvalue weighted by Crippen LogP contribution is -2.58. The number of benzene rings is 2. The highest BCUT2D eigenvalue weighted by atomic mass is 32.2. The molecule has 3 atom stereocenters. The molecule has 10 radical (unpaired) electrons. The molecule has 3 unspecified atom stereocenters. The van der Waals surface area contributed by atoms with Gasteiger partial charge in [0, 0.05) is 53.9 Å². The fourth-order valence-corrected chi connectivity index (χ4v) is 7.58. The van der Waals surface area contributed by atoms with E-state index < -0.39 is 23.5 Å². The van der Waals surface area contributed by atoms with E-state index in [1.165, 1.54) is 17.8 Å². The maximum Gasteiger partial charge on any atom is 0.417 e. The van der Waals surface area contributed by atoms with Crippen LogP contribution in [0.15, 0.2) is 28.4 Å². The Morgan fingerprint density at radius 1 is 1.07 bits per heavy atom. The van der Waals surface area contributed by atoms with Crippen molar-refractivity contribution in [2.24, 2.45) is 0 Å². The minimum Gasteiger partial charge on any atom is -0.383 e. The summed E-state index contributed by atoms with van der Waals surface area (Å²) in [4.78, 5) is 34.1. The van der Waals surface area contributed by atoms with Crippen molar-refractivity contribution >= 4 is 101 Å². The van der Waals surface area contributed by atoms with Gasteiger partial charge in [-0.2, -0.15) is 18.2 Å². The molecule has 216 valence electrons. The number of nitrogens with zero attached hydrogens (tertiary/aromatic N) is 4. The number of carbonyl (C=O) groups is 1. The number of hydrogen-bond donors (Lipinski definition) is 0. The number of carbonyl (C=O) groups excluding carboxylic acids is 1. The number of halogens is 3. The number of piperazine rings is 1. The largest absolute Gasteiger partial charge is 0.417 e. The fraction of sp³-hybridized carbons (Fsp3) is 0.393. The summed E-state index contributed by atoms with van der Waals surface area (Å²) in [5.74, 6) is -0.00377. The monoisotopic (exact) mass is 608 g/mol. The van der Waals surface area contributed by atoms with Gasteiger partial charge in [-0.25, -0.2) is 4.79 Å². The van der Waals surface area contributed by atoms with Gasteiger partial charge in [0.05, 0.1) is 23.7 Å². The summed E-state index contributed by atoms with van der Waals surface area (Å²) in [5.41, 5.74) is -3.13. The molecule has 0 bridgehead atoms. The molecule has 1 amide bonds. The molecule has 3 heterocycles. The molecular weight excluding hydrogens is 583 g/mol. The predicted molar refractivity (Wildman–Crippen MR) is 173 cm³/mol. The summed E-state index contributed by atoms with van der Waals surface area (Å²) in [6, 6.07) is -0.281. The Bertz CT molecular complexity index is 1730. The van der Waals surface area contributed by atoms with Gasteiger partial charge in [-0.15, -0.1) is 28.2 Å². The van der Waals surface area contributed by atoms with Gasteiger partial charge in [0.15, 0.2) is 0 Å². The lowest BCUT2D eigenvalue weighted by Gasteiger charge is -2.45. The summed E-state index contributed by atoms with van der Waals surface area (Å²) in [7, 11) is 32.1. The lowest BCUT2D eigenvalue weighted by molar-refractivity contribution is -0.137. The quantitative estimate of drug-likeness (QED) is 0.273. The van der Waals surface area contributed by atoms with Crippen LogP contribution < -0.4 is 37.9 Å². The lowest BCUT2D eigenvalue weighted by atomic mass is 9.59. The standard InChI is InChI=1S/C28H24B5F3N4O3S/c1-5-16(41)39-11(2)7-38(8-12(39)3)26-14-6-15(28(34,35)36)17(18-19(29)21(31)23(33)22(32)20(18)30)25-24(14)40(27(42)37-26)13(9-43-4)10-44-25/h5-6,11-13H,1,7-10H2,2-4H3. The number of rotatable bonds is 5. The smallest absolute Gasteiger partial charge is 0.383 e. The first-order valence-electron chi connectivity index (χ1n) is 13.7. The van der Waals surface area contributed by atoms with Gasteiger partial charge in [-0.1, -0.05) is 17.5 Å². The van der Waals surface area contributed by atoms with Crippen molar-refractivity contribution in [1.29, 1.82) is 0 Å². The van der Waals surface area contributed by atoms with Crippen LogP contribution in [0, 0.1) is 0 Å². The molecule has 1 saturated heterocycles. The maximum atomic E-state index is 15.0. The number of alkyl halides is 3. The second-order valence-corrected chi connectivity index (χ2v) is 12.1. The molecule has 5 rings (SSSR count). The minimum atomic E-state index is -4.90. The van der Waals surface area contributed by atoms with Crippen molar-refractivity contribution in [2.75, 3.05) is 37.5 Å². The summed E-state index contributed by atoms with van der Waals surface area (Å²) in [6.45, 7) is 7.73. The Labute approximate surface area is 264 Å². The first-order valence-corrected chi connectivity index (χ1v) is 14.7. The van der Waals surface area contributed by atoms with E-state index in [0.29, 0.717) is 0 Å². The number of thioether (sulfide) groups is 1. The van der Waals surface area contributed by atoms with Gasteiger partial charge in [0.1, 0.15) is 45.0 Å². The van der Waals surface area contributed by atoms with Crippen LogP contribution in [0.2, 0.25) is 0 Å². The maximum absolute atomic E-state index is 15.0. The van der Waals surface area contributed by atoms with Gasteiger partial charge >= 0.3 is 11.9 Å². The highest BCUT2D eigenvalue weighted by Crippen LogP contribution is 2.49. The SMILES string of the molecule is [B]c1c([B])c([B])c(-c2c(C(F)(F)F)cc3c(N4CC(C)N(C(=O)C=C)C(C)C4)nc(=O)n4c3c2SCC4COC)c([B])c1[B]. The molecule has 3 aromatic rings. The van der Waals surface area contributed by atoms with Crippen LogP contribution in [0.1, 0.15) is 25.5 Å². The van der Waals surface area contributed by atoms with Crippen molar-refractivity contribution < 1.29 is 22.7 Å². The van der Waals surface area contributed by atoms with Crippen LogP contribution in [-0.4, -0.2) is 104 Å². The number of amides is 1. The zero-order valence-corrected chi connectivity index (χ0v) is 25.2. The van der Waals surface area contributed by atoms with E-state index in [-0.39, 0.29) is 103 Å². The molecule has 0 N–H and O–H groups in total. The molecule has 44 heavy (non-hydrogen) atoms. The third-order valence-electron chi connectivity index (χ3n) is 8.19. The molecule has 1 fully saturated rings. The zero-order valence-electron chi connectivity index (χ0n) is 24.4. The Hall–Kier alpha value is -2.99. The van der Waals surface area contributed by atoms with E-state index in [1.54, 1.807) is 9.80 Å². The molecule has 2 aliphatic rings. The van der Waals surface area contributed by atoms with E-state index >= 15 is 13.2 Å². The average molecular weight is 608 g/mol. The predicted octanol–water partition coefficient (Wildman–Crippen LogP) is -1.04. The number of anilines is 1. The molecule has 2 aliphatic heterocycles. The molecule has 0 saturated carbocycles. The van der Waals surface area contributed by atoms with Crippen molar-refractivity contribution in [3.05, 3.63) is 34.8 Å². The highest BCUT2D eigenvalue weighted by molar-refractivity contribution is 7.99. The molecule has 0 aliphatic carbocycles. The van der Waals surface area contributed by atoms with Crippen LogP contribution in [0.5, 0.6) is 0 Å². The Balaban J connectivity index is 1.90. The van der Waals surface area contributed by atoms with Crippen LogP contribution in [0.3, 0.4) is 0 Å². The number of methoxy groups -OCH3 is 1. The zero-order chi connectivity index (χ0) is 32.4. The van der Waals surface area contributed by atoms with Crippen LogP contribution in [-0.2, 0) is 15.7 Å². The van der Waals surface area contributed by atoms with Crippen LogP contribution >= 0.6 is 11.8 Å². The summed E-state index contributed by atoms with van der Waals surface area (Å²) >= 11 is 1.11. The van der Waals surface area contributed by atoms with Gasteiger partial charge < -0.3 is 14.5 Å². The van der Waals surface area contributed by atoms with E-state index in [1.807, 2.05) is 13.8 Å². The number of hydrogen-bond acceptors (Lipinski definition) is 6. The van der Waals surface area contributed by atoms with Crippen molar-refractivity contribution in [3.63, 3.8) is 0 Å². The second kappa shape index (κ2) is 11.7. The molecule has 0 spiro atoms. The third kappa shape index (κ3) is 5.11. The van der Waals surface area contributed by atoms with E-state index in [9.17, 15) is 9.59 Å².